The first kappa shape index (κ1) is 13.2. The summed E-state index contributed by atoms with van der Waals surface area (Å²) in [5.74, 6) is 0.565. The lowest BCUT2D eigenvalue weighted by molar-refractivity contribution is 0.496. The molecule has 0 spiro atoms. The van der Waals surface area contributed by atoms with Crippen molar-refractivity contribution < 1.29 is 4.39 Å². The Labute approximate surface area is 97.9 Å². The van der Waals surface area contributed by atoms with Crippen LogP contribution in [0.25, 0.3) is 0 Å². The van der Waals surface area contributed by atoms with Crippen molar-refractivity contribution in [2.75, 3.05) is 0 Å². The van der Waals surface area contributed by atoms with Crippen molar-refractivity contribution in [2.24, 2.45) is 11.7 Å². The minimum atomic E-state index is -0.183. The van der Waals surface area contributed by atoms with E-state index in [9.17, 15) is 4.39 Å². The quantitative estimate of drug-likeness (QED) is 0.784. The molecule has 0 saturated carbocycles. The summed E-state index contributed by atoms with van der Waals surface area (Å²) in [5, 5.41) is 0. The van der Waals surface area contributed by atoms with Gasteiger partial charge in [0.05, 0.1) is 0 Å². The monoisotopic (exact) mass is 223 g/mol. The molecular formula is C14H22FN. The van der Waals surface area contributed by atoms with E-state index < -0.39 is 0 Å². The van der Waals surface area contributed by atoms with Crippen molar-refractivity contribution in [3.05, 3.63) is 35.6 Å². The van der Waals surface area contributed by atoms with Crippen LogP contribution in [0.1, 0.15) is 38.7 Å². The highest BCUT2D eigenvalue weighted by Crippen LogP contribution is 2.11. The molecule has 0 radical (unpaired) electrons. The summed E-state index contributed by atoms with van der Waals surface area (Å²) in [5.41, 5.74) is 7.16. The van der Waals surface area contributed by atoms with Crippen molar-refractivity contribution in [3.8, 4) is 0 Å². The van der Waals surface area contributed by atoms with Crippen molar-refractivity contribution in [2.45, 2.75) is 45.6 Å². The third-order valence-corrected chi connectivity index (χ3v) is 2.77. The maximum absolute atomic E-state index is 12.7. The summed E-state index contributed by atoms with van der Waals surface area (Å²) in [6.07, 6.45) is 4.31. The smallest absolute Gasteiger partial charge is 0.123 e. The first-order chi connectivity index (χ1) is 7.58. The molecule has 0 aliphatic rings. The summed E-state index contributed by atoms with van der Waals surface area (Å²) in [6.45, 7) is 4.46. The van der Waals surface area contributed by atoms with Crippen LogP contribution >= 0.6 is 0 Å². The van der Waals surface area contributed by atoms with Gasteiger partial charge in [0.2, 0.25) is 0 Å². The molecule has 0 fully saturated rings. The number of nitrogens with two attached hydrogens (primary N) is 1. The summed E-state index contributed by atoms with van der Waals surface area (Å²) >= 11 is 0. The van der Waals surface area contributed by atoms with Crippen LogP contribution in [-0.4, -0.2) is 6.04 Å². The average molecular weight is 223 g/mol. The van der Waals surface area contributed by atoms with Gasteiger partial charge in [0.25, 0.3) is 0 Å². The normalized spacial score (nSPS) is 13.1. The fourth-order valence-electron chi connectivity index (χ4n) is 1.81. The molecular weight excluding hydrogens is 201 g/mol. The van der Waals surface area contributed by atoms with Gasteiger partial charge in [-0.15, -0.1) is 0 Å². The molecule has 0 heterocycles. The van der Waals surface area contributed by atoms with Gasteiger partial charge >= 0.3 is 0 Å². The van der Waals surface area contributed by atoms with Gasteiger partial charge in [-0.1, -0.05) is 38.8 Å². The minimum absolute atomic E-state index is 0.183. The first-order valence-corrected chi connectivity index (χ1v) is 6.08. The van der Waals surface area contributed by atoms with Gasteiger partial charge in [0.15, 0.2) is 0 Å². The van der Waals surface area contributed by atoms with Gasteiger partial charge in [-0.2, -0.15) is 0 Å². The summed E-state index contributed by atoms with van der Waals surface area (Å²) in [6, 6.07) is 6.82. The highest BCUT2D eigenvalue weighted by atomic mass is 19.1. The summed E-state index contributed by atoms with van der Waals surface area (Å²) in [7, 11) is 0. The number of benzene rings is 1. The fourth-order valence-corrected chi connectivity index (χ4v) is 1.81. The molecule has 0 aromatic heterocycles. The molecule has 1 unspecified atom stereocenters. The van der Waals surface area contributed by atoms with Crippen LogP contribution in [0, 0.1) is 11.7 Å². The highest BCUT2D eigenvalue weighted by Gasteiger charge is 2.05. The molecule has 0 saturated heterocycles. The van der Waals surface area contributed by atoms with E-state index in [0.717, 1.165) is 24.3 Å². The second kappa shape index (κ2) is 6.64. The predicted molar refractivity (Wildman–Crippen MR) is 66.8 cm³/mol. The van der Waals surface area contributed by atoms with Crippen LogP contribution in [-0.2, 0) is 6.42 Å². The molecule has 0 amide bonds. The maximum atomic E-state index is 12.7. The number of halogens is 1. The van der Waals surface area contributed by atoms with E-state index in [2.05, 4.69) is 13.8 Å². The minimum Gasteiger partial charge on any atom is -0.327 e. The molecule has 1 nitrogen and oxygen atoms in total. The van der Waals surface area contributed by atoms with Gasteiger partial charge in [-0.25, -0.2) is 4.39 Å². The molecule has 0 aliphatic heterocycles. The predicted octanol–water partition coefficient (Wildman–Crippen LogP) is 3.52. The molecule has 0 aliphatic carbocycles. The number of rotatable bonds is 6. The van der Waals surface area contributed by atoms with E-state index in [1.54, 1.807) is 0 Å². The Hall–Kier alpha value is -0.890. The fraction of sp³-hybridized carbons (Fsp3) is 0.571. The Bertz CT molecular complexity index is 292. The lowest BCUT2D eigenvalue weighted by Gasteiger charge is -2.12. The molecule has 2 heteroatoms. The van der Waals surface area contributed by atoms with E-state index in [4.69, 9.17) is 5.73 Å². The Morgan fingerprint density at radius 2 is 1.75 bits per heavy atom. The Morgan fingerprint density at radius 1 is 1.12 bits per heavy atom. The van der Waals surface area contributed by atoms with Crippen molar-refractivity contribution in [1.82, 2.24) is 0 Å². The van der Waals surface area contributed by atoms with E-state index in [-0.39, 0.29) is 11.9 Å². The lowest BCUT2D eigenvalue weighted by atomic mass is 9.99. The Balaban J connectivity index is 2.28. The molecule has 2 N–H and O–H groups in total. The van der Waals surface area contributed by atoms with E-state index >= 15 is 0 Å². The van der Waals surface area contributed by atoms with Gasteiger partial charge in [0, 0.05) is 6.04 Å². The van der Waals surface area contributed by atoms with Crippen LogP contribution < -0.4 is 5.73 Å². The topological polar surface area (TPSA) is 26.0 Å². The van der Waals surface area contributed by atoms with Crippen molar-refractivity contribution in [3.63, 3.8) is 0 Å². The Kier molecular flexibility index (Phi) is 5.47. The van der Waals surface area contributed by atoms with Gasteiger partial charge in [0.1, 0.15) is 5.82 Å². The molecule has 16 heavy (non-hydrogen) atoms. The van der Waals surface area contributed by atoms with E-state index in [0.29, 0.717) is 0 Å². The number of hydrogen-bond donors (Lipinski definition) is 1. The molecule has 1 aromatic rings. The largest absolute Gasteiger partial charge is 0.327 e. The molecule has 1 aromatic carbocycles. The SMILES string of the molecule is CC(C)CCCC(N)Cc1ccc(F)cc1. The number of hydrogen-bond acceptors (Lipinski definition) is 1. The van der Waals surface area contributed by atoms with Crippen LogP contribution in [0.5, 0.6) is 0 Å². The van der Waals surface area contributed by atoms with Gasteiger partial charge in [-0.3, -0.25) is 0 Å². The second-order valence-corrected chi connectivity index (χ2v) is 4.92. The molecule has 0 bridgehead atoms. The third kappa shape index (κ3) is 5.26. The van der Waals surface area contributed by atoms with E-state index in [1.807, 2.05) is 12.1 Å². The second-order valence-electron chi connectivity index (χ2n) is 4.92. The van der Waals surface area contributed by atoms with Gasteiger partial charge in [-0.05, 0) is 36.5 Å². The zero-order valence-electron chi connectivity index (χ0n) is 10.2. The molecule has 1 rings (SSSR count). The first-order valence-electron chi connectivity index (χ1n) is 6.08. The standard InChI is InChI=1S/C14H22FN/c1-11(2)4-3-5-14(16)10-12-6-8-13(15)9-7-12/h6-9,11,14H,3-5,10,16H2,1-2H3. The lowest BCUT2D eigenvalue weighted by Crippen LogP contribution is -2.22. The molecule has 1 atom stereocenters. The van der Waals surface area contributed by atoms with E-state index in [1.165, 1.54) is 25.0 Å². The summed E-state index contributed by atoms with van der Waals surface area (Å²) in [4.78, 5) is 0. The zero-order valence-corrected chi connectivity index (χ0v) is 10.2. The average Bonchev–Trinajstić information content (AvgIpc) is 2.21. The third-order valence-electron chi connectivity index (χ3n) is 2.77. The molecule has 90 valence electrons. The van der Waals surface area contributed by atoms with Gasteiger partial charge < -0.3 is 5.73 Å². The van der Waals surface area contributed by atoms with Crippen LogP contribution in [0.2, 0.25) is 0 Å². The maximum Gasteiger partial charge on any atom is 0.123 e. The van der Waals surface area contributed by atoms with Crippen molar-refractivity contribution >= 4 is 0 Å². The zero-order chi connectivity index (χ0) is 12.0. The highest BCUT2D eigenvalue weighted by molar-refractivity contribution is 5.16. The van der Waals surface area contributed by atoms with Crippen LogP contribution in [0.4, 0.5) is 4.39 Å². The van der Waals surface area contributed by atoms with Crippen LogP contribution in [0.3, 0.4) is 0 Å². The Morgan fingerprint density at radius 3 is 2.31 bits per heavy atom. The van der Waals surface area contributed by atoms with Crippen molar-refractivity contribution in [1.29, 1.82) is 0 Å². The summed E-state index contributed by atoms with van der Waals surface area (Å²) < 4.78 is 12.7. The van der Waals surface area contributed by atoms with Crippen LogP contribution in [0.15, 0.2) is 24.3 Å².